The topological polar surface area (TPSA) is 96.4 Å². The highest BCUT2D eigenvalue weighted by atomic mass is 35.5. The minimum absolute atomic E-state index is 0.0764. The van der Waals surface area contributed by atoms with Gasteiger partial charge in [0, 0.05) is 0 Å². The summed E-state index contributed by atoms with van der Waals surface area (Å²) in [6.07, 6.45) is 1.02. The highest BCUT2D eigenvalue weighted by Gasteiger charge is 2.43. The van der Waals surface area contributed by atoms with E-state index in [0.29, 0.717) is 6.42 Å². The number of nitrogens with zero attached hydrogens (tertiary/aromatic N) is 2. The average Bonchev–Trinajstić information content (AvgIpc) is 2.78. The Balaban J connectivity index is 0.00000127. The summed E-state index contributed by atoms with van der Waals surface area (Å²) < 4.78 is 0. The van der Waals surface area contributed by atoms with Gasteiger partial charge in [0.1, 0.15) is 16.9 Å². The molecule has 1 aromatic heterocycles. The van der Waals surface area contributed by atoms with Crippen LogP contribution in [0.15, 0.2) is 12.1 Å². The molecule has 0 aliphatic carbocycles. The minimum atomic E-state index is -1.05. The van der Waals surface area contributed by atoms with Crippen molar-refractivity contribution in [2.45, 2.75) is 39.7 Å². The van der Waals surface area contributed by atoms with Crippen molar-refractivity contribution >= 4 is 35.7 Å². The second-order valence-corrected chi connectivity index (χ2v) is 4.83. The van der Waals surface area contributed by atoms with Crippen molar-refractivity contribution < 1.29 is 19.2 Å². The van der Waals surface area contributed by atoms with E-state index >= 15 is 0 Å². The molecule has 2 rings (SSSR count). The first-order valence-corrected chi connectivity index (χ1v) is 7.67. The summed E-state index contributed by atoms with van der Waals surface area (Å²) in [5.74, 6) is -2.00. The normalized spacial score (nSPS) is 13.8. The average molecular weight is 340 g/mol. The van der Waals surface area contributed by atoms with E-state index in [-0.39, 0.29) is 29.2 Å². The summed E-state index contributed by atoms with van der Waals surface area (Å²) in [6, 6.07) is 1.74. The number of amides is 4. The maximum atomic E-state index is 12.3. The van der Waals surface area contributed by atoms with Gasteiger partial charge in [-0.3, -0.25) is 29.4 Å². The zero-order chi connectivity index (χ0) is 17.6. The number of rotatable bonds is 5. The molecule has 4 amide bonds. The van der Waals surface area contributed by atoms with E-state index in [1.807, 2.05) is 19.2 Å². The van der Waals surface area contributed by atoms with E-state index in [1.165, 1.54) is 12.1 Å². The van der Waals surface area contributed by atoms with Crippen LogP contribution >= 0.6 is 11.6 Å². The molecule has 1 aromatic rings. The molecule has 0 fully saturated rings. The van der Waals surface area contributed by atoms with Crippen LogP contribution in [0.2, 0.25) is 5.15 Å². The first-order chi connectivity index (χ1) is 11.0. The fraction of sp³-hybridized carbons (Fsp3) is 0.400. The van der Waals surface area contributed by atoms with E-state index in [2.05, 4.69) is 4.98 Å². The van der Waals surface area contributed by atoms with Crippen LogP contribution in [-0.2, 0) is 9.59 Å². The monoisotopic (exact) mass is 339 g/mol. The molecule has 8 heteroatoms. The Morgan fingerprint density at radius 2 is 2.00 bits per heavy atom. The fourth-order valence-corrected chi connectivity index (χ4v) is 2.34. The summed E-state index contributed by atoms with van der Waals surface area (Å²) in [4.78, 5) is 51.6. The van der Waals surface area contributed by atoms with Gasteiger partial charge in [0.05, 0.1) is 5.56 Å². The number of halogens is 1. The standard InChI is InChI=1S/C13H12ClN3O4.C2H6/c1-2-3-8(11(19)15-6-18)17-12(20)7-4-5-9(14)16-10(7)13(17)21;1-2/h4-6,8H,2-3H2,1H3,(H,15,18,19);1-2H3. The summed E-state index contributed by atoms with van der Waals surface area (Å²) in [5, 5.41) is 2.06. The summed E-state index contributed by atoms with van der Waals surface area (Å²) in [7, 11) is 0. The second kappa shape index (κ2) is 8.38. The molecule has 7 nitrogen and oxygen atoms in total. The van der Waals surface area contributed by atoms with Crippen LogP contribution in [0.25, 0.3) is 0 Å². The molecule has 0 bridgehead atoms. The van der Waals surface area contributed by atoms with Crippen LogP contribution < -0.4 is 5.32 Å². The molecular formula is C15H18ClN3O4. The first kappa shape index (κ1) is 18.8. The molecular weight excluding hydrogens is 322 g/mol. The molecule has 1 unspecified atom stereocenters. The molecule has 1 aliphatic rings. The maximum Gasteiger partial charge on any atom is 0.280 e. The highest BCUT2D eigenvalue weighted by Crippen LogP contribution is 2.26. The number of carbonyl (C=O) groups excluding carboxylic acids is 4. The van der Waals surface area contributed by atoms with Crippen LogP contribution in [0, 0.1) is 0 Å². The molecule has 0 saturated carbocycles. The van der Waals surface area contributed by atoms with Gasteiger partial charge < -0.3 is 0 Å². The largest absolute Gasteiger partial charge is 0.297 e. The Morgan fingerprint density at radius 1 is 1.35 bits per heavy atom. The number of hydrogen-bond donors (Lipinski definition) is 1. The van der Waals surface area contributed by atoms with Gasteiger partial charge in [-0.15, -0.1) is 0 Å². The van der Waals surface area contributed by atoms with Gasteiger partial charge in [0.15, 0.2) is 0 Å². The van der Waals surface area contributed by atoms with Crippen molar-refractivity contribution in [3.63, 3.8) is 0 Å². The second-order valence-electron chi connectivity index (χ2n) is 4.44. The first-order valence-electron chi connectivity index (χ1n) is 7.29. The molecule has 0 saturated heterocycles. The third-order valence-electron chi connectivity index (χ3n) is 3.11. The lowest BCUT2D eigenvalue weighted by molar-refractivity contribution is -0.128. The number of nitrogens with one attached hydrogen (secondary N) is 1. The van der Waals surface area contributed by atoms with Crippen molar-refractivity contribution in [3.8, 4) is 0 Å². The molecule has 0 radical (unpaired) electrons. The zero-order valence-corrected chi connectivity index (χ0v) is 13.9. The molecule has 124 valence electrons. The molecule has 1 atom stereocenters. The quantitative estimate of drug-likeness (QED) is 0.501. The number of imide groups is 2. The lowest BCUT2D eigenvalue weighted by atomic mass is 10.1. The number of pyridine rings is 1. The van der Waals surface area contributed by atoms with Crippen molar-refractivity contribution in [2.24, 2.45) is 0 Å². The smallest absolute Gasteiger partial charge is 0.280 e. The van der Waals surface area contributed by atoms with Gasteiger partial charge in [-0.05, 0) is 18.6 Å². The summed E-state index contributed by atoms with van der Waals surface area (Å²) in [5.41, 5.74) is 0.0249. The van der Waals surface area contributed by atoms with Gasteiger partial charge >= 0.3 is 0 Å². The van der Waals surface area contributed by atoms with Crippen LogP contribution in [0.4, 0.5) is 0 Å². The number of aromatic nitrogens is 1. The highest BCUT2D eigenvalue weighted by molar-refractivity contribution is 6.30. The Bertz CT molecular complexity index is 633. The lowest BCUT2D eigenvalue weighted by Gasteiger charge is -2.23. The summed E-state index contributed by atoms with van der Waals surface area (Å²) in [6.45, 7) is 5.80. The van der Waals surface area contributed by atoms with Crippen molar-refractivity contribution in [3.05, 3.63) is 28.5 Å². The molecule has 0 spiro atoms. The zero-order valence-electron chi connectivity index (χ0n) is 13.1. The fourth-order valence-electron chi connectivity index (χ4n) is 2.20. The minimum Gasteiger partial charge on any atom is -0.297 e. The third kappa shape index (κ3) is 3.73. The molecule has 23 heavy (non-hydrogen) atoms. The van der Waals surface area contributed by atoms with E-state index in [4.69, 9.17) is 11.6 Å². The van der Waals surface area contributed by atoms with Crippen molar-refractivity contribution in [1.29, 1.82) is 0 Å². The van der Waals surface area contributed by atoms with E-state index in [9.17, 15) is 19.2 Å². The Morgan fingerprint density at radius 3 is 2.57 bits per heavy atom. The number of hydrogen-bond acceptors (Lipinski definition) is 5. The van der Waals surface area contributed by atoms with Crippen LogP contribution in [-0.4, -0.2) is 40.1 Å². The Hall–Kier alpha value is -2.28. The number of fused-ring (bicyclic) bond motifs is 1. The predicted molar refractivity (Wildman–Crippen MR) is 84.0 cm³/mol. The van der Waals surface area contributed by atoms with Gasteiger partial charge in [0.25, 0.3) is 11.8 Å². The van der Waals surface area contributed by atoms with Gasteiger partial charge in [-0.2, -0.15) is 0 Å². The van der Waals surface area contributed by atoms with Crippen LogP contribution in [0.3, 0.4) is 0 Å². The number of carbonyl (C=O) groups is 4. The van der Waals surface area contributed by atoms with Crippen LogP contribution in [0.1, 0.15) is 54.5 Å². The lowest BCUT2D eigenvalue weighted by Crippen LogP contribution is -2.49. The Labute approximate surface area is 139 Å². The van der Waals surface area contributed by atoms with E-state index in [0.717, 1.165) is 4.90 Å². The molecule has 0 aromatic carbocycles. The van der Waals surface area contributed by atoms with Gasteiger partial charge in [0.2, 0.25) is 12.3 Å². The van der Waals surface area contributed by atoms with E-state index < -0.39 is 23.8 Å². The SMILES string of the molecule is CC.CCCC(C(=O)NC=O)N1C(=O)c2ccc(Cl)nc2C1=O. The predicted octanol–water partition coefficient (Wildman–Crippen LogP) is 1.80. The third-order valence-corrected chi connectivity index (χ3v) is 3.32. The van der Waals surface area contributed by atoms with Crippen molar-refractivity contribution in [2.75, 3.05) is 0 Å². The van der Waals surface area contributed by atoms with Gasteiger partial charge in [-0.25, -0.2) is 4.98 Å². The maximum absolute atomic E-state index is 12.3. The molecule has 1 N–H and O–H groups in total. The Kier molecular flexibility index (Phi) is 6.84. The van der Waals surface area contributed by atoms with E-state index in [1.54, 1.807) is 6.92 Å². The molecule has 1 aliphatic heterocycles. The van der Waals surface area contributed by atoms with Crippen LogP contribution in [0.5, 0.6) is 0 Å². The molecule has 2 heterocycles. The van der Waals surface area contributed by atoms with Crippen molar-refractivity contribution in [1.82, 2.24) is 15.2 Å². The van der Waals surface area contributed by atoms with Gasteiger partial charge in [-0.1, -0.05) is 38.8 Å². The summed E-state index contributed by atoms with van der Waals surface area (Å²) >= 11 is 5.72.